The molecule has 0 amide bonds. The monoisotopic (exact) mass is 218 g/mol. The summed E-state index contributed by atoms with van der Waals surface area (Å²) in [6, 6.07) is 1.67. The summed E-state index contributed by atoms with van der Waals surface area (Å²) in [6.07, 6.45) is 3.85. The summed E-state index contributed by atoms with van der Waals surface area (Å²) in [7, 11) is 3.22. The maximum Gasteiger partial charge on any atom is 0.339 e. The molecule has 1 heterocycles. The maximum absolute atomic E-state index is 11.2. The molecule has 0 aliphatic carbocycles. The molecule has 0 unspecified atom stereocenters. The van der Waals surface area contributed by atoms with E-state index in [4.69, 9.17) is 0 Å². The average molecular weight is 218 g/mol. The maximum atomic E-state index is 11.2. The van der Waals surface area contributed by atoms with Crippen molar-refractivity contribution in [3.05, 3.63) is 29.6 Å². The van der Waals surface area contributed by atoms with E-state index in [-0.39, 0.29) is 0 Å². The molecule has 1 N–H and O–H groups in total. The zero-order chi connectivity index (χ0) is 11.8. The van der Waals surface area contributed by atoms with Crippen LogP contribution in [0.4, 0.5) is 0 Å². The lowest BCUT2D eigenvalue weighted by atomic mass is 10.2. The second-order valence-electron chi connectivity index (χ2n) is 3.11. The van der Waals surface area contributed by atoms with Crippen LogP contribution in [0.5, 0.6) is 0 Å². The first kappa shape index (κ1) is 12.2. The predicted octanol–water partition coefficient (Wildman–Crippen LogP) is 0.829. The van der Waals surface area contributed by atoms with Crippen molar-refractivity contribution in [2.24, 2.45) is 0 Å². The molecule has 0 aliphatic heterocycles. The van der Waals surface area contributed by atoms with E-state index in [1.165, 1.54) is 13.3 Å². The van der Waals surface area contributed by atoms with Crippen LogP contribution in [0.3, 0.4) is 0 Å². The van der Waals surface area contributed by atoms with Gasteiger partial charge in [0.25, 0.3) is 0 Å². The van der Waals surface area contributed by atoms with Crippen molar-refractivity contribution in [2.75, 3.05) is 20.7 Å². The topological polar surface area (TPSA) is 51.2 Å². The molecule has 0 atom stereocenters. The van der Waals surface area contributed by atoms with Gasteiger partial charge < -0.3 is 10.1 Å². The van der Waals surface area contributed by atoms with Gasteiger partial charge in [-0.15, -0.1) is 0 Å². The van der Waals surface area contributed by atoms with E-state index in [1.807, 2.05) is 7.05 Å². The van der Waals surface area contributed by atoms with E-state index in [2.05, 4.69) is 26.9 Å². The van der Waals surface area contributed by atoms with Gasteiger partial charge in [0.15, 0.2) is 0 Å². The highest BCUT2D eigenvalue weighted by molar-refractivity contribution is 5.89. The highest BCUT2D eigenvalue weighted by Gasteiger charge is 2.04. The minimum atomic E-state index is -0.397. The first-order chi connectivity index (χ1) is 7.77. The van der Waals surface area contributed by atoms with Crippen molar-refractivity contribution in [1.82, 2.24) is 10.3 Å². The number of hydrogen-bond acceptors (Lipinski definition) is 4. The van der Waals surface area contributed by atoms with Crippen LogP contribution in [-0.2, 0) is 4.74 Å². The summed E-state index contributed by atoms with van der Waals surface area (Å²) in [4.78, 5) is 15.2. The van der Waals surface area contributed by atoms with Crippen molar-refractivity contribution < 1.29 is 9.53 Å². The minimum absolute atomic E-state index is 0.397. The Morgan fingerprint density at radius 1 is 1.56 bits per heavy atom. The number of carbonyl (C=O) groups excluding carboxylic acids is 1. The number of ether oxygens (including phenoxy) is 1. The number of rotatable bonds is 3. The van der Waals surface area contributed by atoms with Gasteiger partial charge in [0.2, 0.25) is 0 Å². The van der Waals surface area contributed by atoms with Crippen molar-refractivity contribution in [1.29, 1.82) is 0 Å². The molecule has 0 spiro atoms. The zero-order valence-electron chi connectivity index (χ0n) is 9.41. The molecule has 0 saturated carbocycles. The van der Waals surface area contributed by atoms with Gasteiger partial charge in [-0.3, -0.25) is 4.98 Å². The van der Waals surface area contributed by atoms with Crippen molar-refractivity contribution >= 4 is 5.97 Å². The highest BCUT2D eigenvalue weighted by Crippen LogP contribution is 2.02. The van der Waals surface area contributed by atoms with Gasteiger partial charge in [-0.25, -0.2) is 4.79 Å². The molecule has 16 heavy (non-hydrogen) atoms. The van der Waals surface area contributed by atoms with Crippen LogP contribution in [-0.4, -0.2) is 31.7 Å². The van der Waals surface area contributed by atoms with E-state index in [1.54, 1.807) is 12.3 Å². The Hall–Kier alpha value is -1.86. The first-order valence-corrected chi connectivity index (χ1v) is 4.94. The third-order valence-electron chi connectivity index (χ3n) is 1.89. The normalized spacial score (nSPS) is 9.12. The van der Waals surface area contributed by atoms with E-state index in [0.717, 1.165) is 18.5 Å². The number of carbonyl (C=O) groups is 1. The average Bonchev–Trinajstić information content (AvgIpc) is 2.34. The van der Waals surface area contributed by atoms with E-state index >= 15 is 0 Å². The van der Waals surface area contributed by atoms with Gasteiger partial charge in [0.1, 0.15) is 0 Å². The number of pyridine rings is 1. The summed E-state index contributed by atoms with van der Waals surface area (Å²) < 4.78 is 4.60. The molecule has 1 rings (SSSR count). The van der Waals surface area contributed by atoms with E-state index in [0.29, 0.717) is 5.56 Å². The van der Waals surface area contributed by atoms with Crippen LogP contribution in [0.25, 0.3) is 0 Å². The first-order valence-electron chi connectivity index (χ1n) is 4.94. The molecule has 0 radical (unpaired) electrons. The molecule has 0 aliphatic rings. The molecule has 0 bridgehead atoms. The Morgan fingerprint density at radius 3 is 3.06 bits per heavy atom. The van der Waals surface area contributed by atoms with Gasteiger partial charge >= 0.3 is 5.97 Å². The summed E-state index contributed by atoms with van der Waals surface area (Å²) >= 11 is 0. The lowest BCUT2D eigenvalue weighted by molar-refractivity contribution is 0.0600. The zero-order valence-corrected chi connectivity index (χ0v) is 9.41. The van der Waals surface area contributed by atoms with E-state index in [9.17, 15) is 4.79 Å². The fourth-order valence-electron chi connectivity index (χ4n) is 1.09. The highest BCUT2D eigenvalue weighted by atomic mass is 16.5. The molecule has 0 aromatic carbocycles. The van der Waals surface area contributed by atoms with Crippen LogP contribution in [0.15, 0.2) is 18.5 Å². The Morgan fingerprint density at radius 2 is 2.38 bits per heavy atom. The van der Waals surface area contributed by atoms with Crippen LogP contribution in [0, 0.1) is 11.8 Å². The number of nitrogens with zero attached hydrogens (tertiary/aromatic N) is 1. The van der Waals surface area contributed by atoms with Gasteiger partial charge in [0.05, 0.1) is 12.7 Å². The summed E-state index contributed by atoms with van der Waals surface area (Å²) in [6.45, 7) is 0.844. The molecule has 0 fully saturated rings. The van der Waals surface area contributed by atoms with Gasteiger partial charge in [-0.05, 0) is 13.1 Å². The Kier molecular flexibility index (Phi) is 5.03. The Balaban J connectivity index is 2.73. The summed E-state index contributed by atoms with van der Waals surface area (Å²) in [5.74, 6) is 5.52. The van der Waals surface area contributed by atoms with Crippen LogP contribution >= 0.6 is 0 Å². The van der Waals surface area contributed by atoms with Crippen LogP contribution < -0.4 is 5.32 Å². The molecule has 0 saturated heterocycles. The smallest absolute Gasteiger partial charge is 0.339 e. The Bertz CT molecular complexity index is 419. The third-order valence-corrected chi connectivity index (χ3v) is 1.89. The second-order valence-corrected chi connectivity index (χ2v) is 3.11. The van der Waals surface area contributed by atoms with Crippen molar-refractivity contribution in [2.45, 2.75) is 6.42 Å². The number of methoxy groups -OCH3 is 1. The van der Waals surface area contributed by atoms with Crippen LogP contribution in [0.1, 0.15) is 22.3 Å². The summed E-state index contributed by atoms with van der Waals surface area (Å²) in [5.41, 5.74) is 1.14. The lowest BCUT2D eigenvalue weighted by Gasteiger charge is -1.98. The molecule has 4 nitrogen and oxygen atoms in total. The van der Waals surface area contributed by atoms with Gasteiger partial charge in [-0.2, -0.15) is 0 Å². The van der Waals surface area contributed by atoms with Crippen molar-refractivity contribution in [3.8, 4) is 11.8 Å². The van der Waals surface area contributed by atoms with Gasteiger partial charge in [-0.1, -0.05) is 11.8 Å². The molecule has 4 heteroatoms. The van der Waals surface area contributed by atoms with Crippen molar-refractivity contribution in [3.63, 3.8) is 0 Å². The molecule has 1 aromatic heterocycles. The SMILES string of the molecule is CNCCC#Cc1cncc(C(=O)OC)c1. The van der Waals surface area contributed by atoms with Crippen LogP contribution in [0.2, 0.25) is 0 Å². The standard InChI is InChI=1S/C12H14N2O2/c1-13-6-4-3-5-10-7-11(9-14-8-10)12(15)16-2/h7-9,13H,4,6H2,1-2H3. The lowest BCUT2D eigenvalue weighted by Crippen LogP contribution is -2.06. The second kappa shape index (κ2) is 6.59. The third kappa shape index (κ3) is 3.71. The fourth-order valence-corrected chi connectivity index (χ4v) is 1.09. The largest absolute Gasteiger partial charge is 0.465 e. The fraction of sp³-hybridized carbons (Fsp3) is 0.333. The minimum Gasteiger partial charge on any atom is -0.465 e. The quantitative estimate of drug-likeness (QED) is 0.464. The Labute approximate surface area is 95.0 Å². The number of esters is 1. The molecule has 84 valence electrons. The molecular weight excluding hydrogens is 204 g/mol. The molecular formula is C12H14N2O2. The summed E-state index contributed by atoms with van der Waals surface area (Å²) in [5, 5.41) is 3.00. The molecule has 1 aromatic rings. The number of nitrogens with one attached hydrogen (secondary N) is 1. The number of hydrogen-bond donors (Lipinski definition) is 1. The predicted molar refractivity (Wildman–Crippen MR) is 61.0 cm³/mol. The van der Waals surface area contributed by atoms with Gasteiger partial charge in [0, 0.05) is 30.9 Å². The number of aromatic nitrogens is 1. The van der Waals surface area contributed by atoms with E-state index < -0.39 is 5.97 Å².